The van der Waals surface area contributed by atoms with Crippen molar-refractivity contribution in [3.05, 3.63) is 112 Å². The molecule has 2 heterocycles. The third-order valence-corrected chi connectivity index (χ3v) is 7.84. The highest BCUT2D eigenvalue weighted by Crippen LogP contribution is 2.57. The zero-order valence-electron chi connectivity index (χ0n) is 22.0. The van der Waals surface area contributed by atoms with Gasteiger partial charge in [0.1, 0.15) is 11.5 Å². The largest absolute Gasteiger partial charge is 0.456 e. The number of benzene rings is 4. The third kappa shape index (κ3) is 3.39. The van der Waals surface area contributed by atoms with E-state index in [1.807, 2.05) is 24.3 Å². The van der Waals surface area contributed by atoms with E-state index in [0.29, 0.717) is 5.56 Å². The number of carbonyl (C=O) groups is 1. The second-order valence-corrected chi connectivity index (χ2v) is 10.1. The molecule has 186 valence electrons. The lowest BCUT2D eigenvalue weighted by Gasteiger charge is -2.38. The van der Waals surface area contributed by atoms with Gasteiger partial charge in [-0.15, -0.1) is 0 Å². The number of ether oxygens (including phenoxy) is 2. The van der Waals surface area contributed by atoms with Crippen LogP contribution in [-0.4, -0.2) is 19.1 Å². The maximum Gasteiger partial charge on any atom is 0.340 e. The Morgan fingerprint density at radius 1 is 0.703 bits per heavy atom. The molecule has 2 aliphatic heterocycles. The van der Waals surface area contributed by atoms with Crippen LogP contribution in [0.3, 0.4) is 0 Å². The fourth-order valence-electron chi connectivity index (χ4n) is 6.00. The second-order valence-electron chi connectivity index (χ2n) is 10.1. The van der Waals surface area contributed by atoms with Gasteiger partial charge in [-0.2, -0.15) is 0 Å². The number of rotatable bonds is 4. The SMILES string of the molecule is CCN(CC)c1ccc2c(c1)Oc1cc(C)c(-c3ccc(C)cc3C)cc1C21OC(=O)c2ccccc21. The van der Waals surface area contributed by atoms with Crippen LogP contribution < -0.4 is 9.64 Å². The average molecular weight is 490 g/mol. The van der Waals surface area contributed by atoms with Crippen molar-refractivity contribution in [1.29, 1.82) is 0 Å². The van der Waals surface area contributed by atoms with Crippen molar-refractivity contribution < 1.29 is 14.3 Å². The Morgan fingerprint density at radius 3 is 2.19 bits per heavy atom. The van der Waals surface area contributed by atoms with Gasteiger partial charge in [-0.25, -0.2) is 4.79 Å². The minimum Gasteiger partial charge on any atom is -0.456 e. The summed E-state index contributed by atoms with van der Waals surface area (Å²) in [5.41, 5.74) is 9.02. The summed E-state index contributed by atoms with van der Waals surface area (Å²) >= 11 is 0. The Morgan fingerprint density at radius 2 is 1.43 bits per heavy atom. The van der Waals surface area contributed by atoms with Crippen molar-refractivity contribution in [2.45, 2.75) is 40.2 Å². The number of anilines is 1. The fraction of sp³-hybridized carbons (Fsp3) is 0.242. The van der Waals surface area contributed by atoms with Crippen LogP contribution in [0.1, 0.15) is 57.6 Å². The molecule has 0 N–H and O–H groups in total. The molecule has 1 atom stereocenters. The normalized spacial score (nSPS) is 17.1. The molecule has 4 aromatic rings. The molecular weight excluding hydrogens is 458 g/mol. The first kappa shape index (κ1) is 23.4. The van der Waals surface area contributed by atoms with Crippen molar-refractivity contribution in [2.24, 2.45) is 0 Å². The highest BCUT2D eigenvalue weighted by atomic mass is 16.6. The highest BCUT2D eigenvalue weighted by molar-refractivity contribution is 5.97. The smallest absolute Gasteiger partial charge is 0.340 e. The van der Waals surface area contributed by atoms with Gasteiger partial charge in [0.25, 0.3) is 0 Å². The van der Waals surface area contributed by atoms with Crippen LogP contribution in [-0.2, 0) is 10.3 Å². The van der Waals surface area contributed by atoms with E-state index in [1.54, 1.807) is 0 Å². The summed E-state index contributed by atoms with van der Waals surface area (Å²) in [6.45, 7) is 12.4. The van der Waals surface area contributed by atoms with Gasteiger partial charge in [0.05, 0.1) is 5.56 Å². The predicted molar refractivity (Wildman–Crippen MR) is 148 cm³/mol. The van der Waals surface area contributed by atoms with Crippen molar-refractivity contribution in [1.82, 2.24) is 0 Å². The number of fused-ring (bicyclic) bond motifs is 6. The first-order valence-corrected chi connectivity index (χ1v) is 13.0. The number of hydrogen-bond donors (Lipinski definition) is 0. The van der Waals surface area contributed by atoms with E-state index in [2.05, 4.69) is 88.0 Å². The summed E-state index contributed by atoms with van der Waals surface area (Å²) < 4.78 is 13.0. The summed E-state index contributed by atoms with van der Waals surface area (Å²) in [7, 11) is 0. The molecule has 1 spiro atoms. The van der Waals surface area contributed by atoms with Gasteiger partial charge >= 0.3 is 5.97 Å². The topological polar surface area (TPSA) is 38.8 Å². The van der Waals surface area contributed by atoms with E-state index in [4.69, 9.17) is 9.47 Å². The van der Waals surface area contributed by atoms with Crippen LogP contribution in [0.2, 0.25) is 0 Å². The van der Waals surface area contributed by atoms with Crippen LogP contribution in [0.4, 0.5) is 5.69 Å². The standard InChI is InChI=1S/C33H31NO3/c1-6-34(7-2)23-13-15-28-31(18-23)36-30-17-22(5)26(24-14-12-20(3)16-21(24)4)19-29(30)33(28)27-11-9-8-10-25(27)32(35)37-33/h8-19H,6-7H2,1-5H3. The summed E-state index contributed by atoms with van der Waals surface area (Å²) in [4.78, 5) is 15.6. The Hall–Kier alpha value is -4.05. The minimum atomic E-state index is -1.07. The number of nitrogens with zero attached hydrogens (tertiary/aromatic N) is 1. The third-order valence-electron chi connectivity index (χ3n) is 7.84. The van der Waals surface area contributed by atoms with Crippen LogP contribution in [0.15, 0.2) is 72.8 Å². The van der Waals surface area contributed by atoms with Gasteiger partial charge in [-0.05, 0) is 87.2 Å². The van der Waals surface area contributed by atoms with Gasteiger partial charge in [-0.3, -0.25) is 0 Å². The Kier molecular flexibility index (Phi) is 5.38. The first-order valence-electron chi connectivity index (χ1n) is 13.0. The molecule has 0 saturated heterocycles. The van der Waals surface area contributed by atoms with E-state index < -0.39 is 5.60 Å². The van der Waals surface area contributed by atoms with Gasteiger partial charge in [0.15, 0.2) is 5.60 Å². The molecule has 4 heteroatoms. The van der Waals surface area contributed by atoms with Crippen LogP contribution in [0.25, 0.3) is 11.1 Å². The van der Waals surface area contributed by atoms with E-state index in [-0.39, 0.29) is 5.97 Å². The quantitative estimate of drug-likeness (QED) is 0.275. The second kappa shape index (κ2) is 8.52. The molecule has 0 radical (unpaired) electrons. The maximum absolute atomic E-state index is 13.3. The summed E-state index contributed by atoms with van der Waals surface area (Å²) in [6, 6.07) is 24.8. The van der Waals surface area contributed by atoms with Crippen molar-refractivity contribution >= 4 is 11.7 Å². The molecule has 0 fully saturated rings. The monoisotopic (exact) mass is 489 g/mol. The van der Waals surface area contributed by atoms with Crippen LogP contribution in [0.5, 0.6) is 11.5 Å². The van der Waals surface area contributed by atoms with Crippen molar-refractivity contribution in [3.8, 4) is 22.6 Å². The molecule has 0 saturated carbocycles. The Bertz CT molecular complexity index is 1570. The summed E-state index contributed by atoms with van der Waals surface area (Å²) in [5, 5.41) is 0. The lowest BCUT2D eigenvalue weighted by molar-refractivity contribution is 0.0224. The molecular formula is C33H31NO3. The molecule has 6 rings (SSSR count). The number of esters is 1. The highest BCUT2D eigenvalue weighted by Gasteiger charge is 2.53. The van der Waals surface area contributed by atoms with Gasteiger partial charge in [-0.1, -0.05) is 42.0 Å². The van der Waals surface area contributed by atoms with Gasteiger partial charge in [0, 0.05) is 41.5 Å². The van der Waals surface area contributed by atoms with Crippen molar-refractivity contribution in [3.63, 3.8) is 0 Å². The minimum absolute atomic E-state index is 0.309. The Labute approximate surface area is 218 Å². The fourth-order valence-corrected chi connectivity index (χ4v) is 6.00. The summed E-state index contributed by atoms with van der Waals surface area (Å²) in [5.74, 6) is 1.13. The molecule has 0 aliphatic carbocycles. The Balaban J connectivity index is 1.64. The molecule has 0 bridgehead atoms. The average Bonchev–Trinajstić information content (AvgIpc) is 3.18. The molecule has 2 aliphatic rings. The lowest BCUT2D eigenvalue weighted by atomic mass is 9.76. The van der Waals surface area contributed by atoms with Crippen LogP contribution >= 0.6 is 0 Å². The molecule has 1 unspecified atom stereocenters. The van der Waals surface area contributed by atoms with E-state index in [1.165, 1.54) is 16.7 Å². The van der Waals surface area contributed by atoms with Crippen LogP contribution in [0, 0.1) is 20.8 Å². The van der Waals surface area contributed by atoms with E-state index in [9.17, 15) is 4.79 Å². The number of hydrogen-bond acceptors (Lipinski definition) is 4. The molecule has 0 amide bonds. The first-order chi connectivity index (χ1) is 17.9. The van der Waals surface area contributed by atoms with Crippen molar-refractivity contribution in [2.75, 3.05) is 18.0 Å². The van der Waals surface area contributed by atoms with Gasteiger partial charge in [0.2, 0.25) is 0 Å². The summed E-state index contributed by atoms with van der Waals surface area (Å²) in [6.07, 6.45) is 0. The molecule has 37 heavy (non-hydrogen) atoms. The molecule has 4 nitrogen and oxygen atoms in total. The zero-order chi connectivity index (χ0) is 25.9. The van der Waals surface area contributed by atoms with E-state index >= 15 is 0 Å². The molecule has 4 aromatic carbocycles. The maximum atomic E-state index is 13.3. The number of carbonyl (C=O) groups excluding carboxylic acids is 1. The molecule has 0 aromatic heterocycles. The van der Waals surface area contributed by atoms with E-state index in [0.717, 1.165) is 58.1 Å². The zero-order valence-corrected chi connectivity index (χ0v) is 22.0. The lowest BCUT2D eigenvalue weighted by Crippen LogP contribution is -2.33. The van der Waals surface area contributed by atoms with Gasteiger partial charge < -0.3 is 14.4 Å². The predicted octanol–water partition coefficient (Wildman–Crippen LogP) is 7.69. The number of aryl methyl sites for hydroxylation is 3.